The van der Waals surface area contributed by atoms with Crippen molar-refractivity contribution in [3.05, 3.63) is 0 Å². The maximum Gasteiger partial charge on any atom is 0.407 e. The number of likely N-dealkylation sites (tertiary alicyclic amines) is 1. The molecule has 0 aromatic carbocycles. The number of carbonyl (C=O) groups is 1. The highest BCUT2D eigenvalue weighted by Crippen LogP contribution is 2.13. The summed E-state index contributed by atoms with van der Waals surface area (Å²) in [6.07, 6.45) is 1.72. The van der Waals surface area contributed by atoms with E-state index in [9.17, 15) is 4.79 Å². The fraction of sp³-hybridized carbons (Fsp3) is 0.900. The minimum Gasteiger partial charge on any atom is -0.444 e. The number of nitrogens with one attached hydrogen (secondary N) is 2. The average molecular weight is 511 g/mol. The summed E-state index contributed by atoms with van der Waals surface area (Å²) >= 11 is 0. The molecule has 1 aliphatic rings. The Labute approximate surface area is 189 Å². The molecule has 0 spiro atoms. The molecule has 0 saturated carbocycles. The van der Waals surface area contributed by atoms with Crippen LogP contribution >= 0.6 is 24.0 Å². The minimum absolute atomic E-state index is 0. The molecule has 7 nitrogen and oxygen atoms in total. The SMILES string of the molecule is CN=C(NCC1CCN(C)C1)N(C)CCC(NC(=O)OC(C)(C)C)C(C)C.I. The van der Waals surface area contributed by atoms with Crippen LogP contribution in [-0.2, 0) is 4.74 Å². The summed E-state index contributed by atoms with van der Waals surface area (Å²) in [6, 6.07) is 0.0592. The van der Waals surface area contributed by atoms with Crippen molar-refractivity contribution in [3.8, 4) is 0 Å². The Balaban J connectivity index is 0.00000729. The minimum atomic E-state index is -0.483. The zero-order chi connectivity index (χ0) is 20.6. The zero-order valence-corrected chi connectivity index (χ0v) is 21.4. The van der Waals surface area contributed by atoms with Crippen LogP contribution in [0, 0.1) is 11.8 Å². The highest BCUT2D eigenvalue weighted by molar-refractivity contribution is 14.0. The molecule has 0 radical (unpaired) electrons. The maximum absolute atomic E-state index is 12.1. The van der Waals surface area contributed by atoms with E-state index in [1.165, 1.54) is 13.0 Å². The Kier molecular flexibility index (Phi) is 12.4. The van der Waals surface area contributed by atoms with Crippen LogP contribution in [0.15, 0.2) is 4.99 Å². The molecule has 2 unspecified atom stereocenters. The molecule has 0 aromatic rings. The number of nitrogens with zero attached hydrogens (tertiary/aromatic N) is 3. The van der Waals surface area contributed by atoms with Crippen molar-refractivity contribution < 1.29 is 9.53 Å². The van der Waals surface area contributed by atoms with E-state index in [0.717, 1.165) is 32.0 Å². The topological polar surface area (TPSA) is 69.2 Å². The Morgan fingerprint density at radius 3 is 2.46 bits per heavy atom. The Morgan fingerprint density at radius 1 is 1.36 bits per heavy atom. The third-order valence-electron chi connectivity index (χ3n) is 4.89. The molecule has 1 fully saturated rings. The smallest absolute Gasteiger partial charge is 0.407 e. The van der Waals surface area contributed by atoms with Gasteiger partial charge in [0.1, 0.15) is 5.60 Å². The average Bonchev–Trinajstić information content (AvgIpc) is 2.95. The quantitative estimate of drug-likeness (QED) is 0.313. The Morgan fingerprint density at radius 2 is 2.00 bits per heavy atom. The fourth-order valence-electron chi connectivity index (χ4n) is 3.28. The largest absolute Gasteiger partial charge is 0.444 e. The fourth-order valence-corrected chi connectivity index (χ4v) is 3.28. The van der Waals surface area contributed by atoms with Crippen molar-refractivity contribution in [2.24, 2.45) is 16.8 Å². The van der Waals surface area contributed by atoms with Crippen molar-refractivity contribution in [2.45, 2.75) is 59.1 Å². The van der Waals surface area contributed by atoms with Gasteiger partial charge in [-0.1, -0.05) is 13.8 Å². The number of aliphatic imine (C=N–C) groups is 1. The van der Waals surface area contributed by atoms with Crippen molar-refractivity contribution >= 4 is 36.0 Å². The lowest BCUT2D eigenvalue weighted by atomic mass is 10.0. The van der Waals surface area contributed by atoms with Gasteiger partial charge < -0.3 is 25.2 Å². The monoisotopic (exact) mass is 511 g/mol. The number of guanidine groups is 1. The molecule has 1 saturated heterocycles. The number of rotatable bonds is 7. The highest BCUT2D eigenvalue weighted by Gasteiger charge is 2.23. The van der Waals surface area contributed by atoms with Gasteiger partial charge in [0, 0.05) is 39.8 Å². The van der Waals surface area contributed by atoms with Gasteiger partial charge in [-0.15, -0.1) is 24.0 Å². The van der Waals surface area contributed by atoms with Crippen molar-refractivity contribution in [2.75, 3.05) is 47.3 Å². The van der Waals surface area contributed by atoms with Crippen LogP contribution in [0.25, 0.3) is 0 Å². The van der Waals surface area contributed by atoms with Gasteiger partial charge in [0.05, 0.1) is 0 Å². The molecular weight excluding hydrogens is 469 g/mol. The maximum atomic E-state index is 12.1. The zero-order valence-electron chi connectivity index (χ0n) is 19.0. The molecule has 0 aliphatic carbocycles. The lowest BCUT2D eigenvalue weighted by molar-refractivity contribution is 0.0486. The summed E-state index contributed by atoms with van der Waals surface area (Å²) in [4.78, 5) is 21.0. The van der Waals surface area contributed by atoms with Crippen LogP contribution in [-0.4, -0.2) is 80.8 Å². The van der Waals surface area contributed by atoms with Crippen molar-refractivity contribution in [1.29, 1.82) is 0 Å². The molecule has 166 valence electrons. The van der Waals surface area contributed by atoms with Crippen LogP contribution in [0.3, 0.4) is 0 Å². The predicted octanol–water partition coefficient (Wildman–Crippen LogP) is 3.00. The Bertz CT molecular complexity index is 493. The van der Waals surface area contributed by atoms with Gasteiger partial charge >= 0.3 is 6.09 Å². The number of hydrogen-bond acceptors (Lipinski definition) is 4. The van der Waals surface area contributed by atoms with Gasteiger partial charge in [-0.05, 0) is 59.0 Å². The van der Waals surface area contributed by atoms with E-state index in [2.05, 4.69) is 46.3 Å². The number of ether oxygens (including phenoxy) is 1. The van der Waals surface area contributed by atoms with Gasteiger partial charge in [-0.25, -0.2) is 4.79 Å². The first-order valence-corrected chi connectivity index (χ1v) is 10.1. The molecule has 0 bridgehead atoms. The third-order valence-corrected chi connectivity index (χ3v) is 4.89. The second-order valence-electron chi connectivity index (χ2n) is 9.05. The van der Waals surface area contributed by atoms with Crippen LogP contribution in [0.2, 0.25) is 0 Å². The Hall–Kier alpha value is -0.770. The number of hydrogen-bond donors (Lipinski definition) is 2. The third kappa shape index (κ3) is 10.7. The summed E-state index contributed by atoms with van der Waals surface area (Å²) in [5, 5.41) is 6.51. The summed E-state index contributed by atoms with van der Waals surface area (Å²) in [5.41, 5.74) is -0.483. The summed E-state index contributed by atoms with van der Waals surface area (Å²) in [7, 11) is 6.03. The molecule has 2 N–H and O–H groups in total. The molecule has 1 heterocycles. The number of carbonyl (C=O) groups excluding carboxylic acids is 1. The normalized spacial score (nSPS) is 19.2. The van der Waals surface area contributed by atoms with E-state index in [4.69, 9.17) is 4.74 Å². The second-order valence-corrected chi connectivity index (χ2v) is 9.05. The van der Waals surface area contributed by atoms with E-state index in [0.29, 0.717) is 11.8 Å². The predicted molar refractivity (Wildman–Crippen MR) is 128 cm³/mol. The van der Waals surface area contributed by atoms with Crippen LogP contribution < -0.4 is 10.6 Å². The molecule has 0 aromatic heterocycles. The summed E-state index contributed by atoms with van der Waals surface area (Å²) in [5.74, 6) is 1.91. The van der Waals surface area contributed by atoms with E-state index < -0.39 is 5.60 Å². The van der Waals surface area contributed by atoms with Crippen molar-refractivity contribution in [3.63, 3.8) is 0 Å². The standard InChI is InChI=1S/C20H41N5O2.HI/c1-15(2)17(23-19(26)27-20(3,4)5)10-12-25(8)18(21-6)22-13-16-9-11-24(7)14-16;/h15-17H,9-14H2,1-8H3,(H,21,22)(H,23,26);1H. The lowest BCUT2D eigenvalue weighted by Gasteiger charge is -2.29. The first kappa shape index (κ1) is 27.2. The molecule has 2 atom stereocenters. The van der Waals surface area contributed by atoms with Crippen molar-refractivity contribution in [1.82, 2.24) is 20.4 Å². The summed E-state index contributed by atoms with van der Waals surface area (Å²) in [6.45, 7) is 13.9. The number of halogens is 1. The van der Waals surface area contributed by atoms with Gasteiger partial charge in [0.2, 0.25) is 0 Å². The van der Waals surface area contributed by atoms with Gasteiger partial charge in [0.25, 0.3) is 0 Å². The highest BCUT2D eigenvalue weighted by atomic mass is 127. The van der Waals surface area contributed by atoms with E-state index in [1.54, 1.807) is 0 Å². The molecule has 1 rings (SSSR count). The molecule has 1 aliphatic heterocycles. The molecular formula is C20H42IN5O2. The first-order chi connectivity index (χ1) is 12.5. The van der Waals surface area contributed by atoms with Crippen LogP contribution in [0.1, 0.15) is 47.5 Å². The second kappa shape index (κ2) is 12.7. The number of alkyl carbamates (subject to hydrolysis) is 1. The van der Waals surface area contributed by atoms with Gasteiger partial charge in [-0.2, -0.15) is 0 Å². The lowest BCUT2D eigenvalue weighted by Crippen LogP contribution is -2.46. The number of amides is 1. The van der Waals surface area contributed by atoms with E-state index in [1.807, 2.05) is 34.9 Å². The van der Waals surface area contributed by atoms with E-state index >= 15 is 0 Å². The molecule has 28 heavy (non-hydrogen) atoms. The van der Waals surface area contributed by atoms with Gasteiger partial charge in [-0.3, -0.25) is 4.99 Å². The molecule has 8 heteroatoms. The first-order valence-electron chi connectivity index (χ1n) is 10.1. The van der Waals surface area contributed by atoms with Gasteiger partial charge in [0.15, 0.2) is 5.96 Å². The van der Waals surface area contributed by atoms with E-state index in [-0.39, 0.29) is 36.1 Å². The summed E-state index contributed by atoms with van der Waals surface area (Å²) < 4.78 is 5.39. The molecule has 1 amide bonds. The van der Waals surface area contributed by atoms with Crippen LogP contribution in [0.4, 0.5) is 4.79 Å². The van der Waals surface area contributed by atoms with Crippen LogP contribution in [0.5, 0.6) is 0 Å².